The van der Waals surface area contributed by atoms with Gasteiger partial charge in [0.2, 0.25) is 5.43 Å². The number of phenolic OH excluding ortho intramolecular Hbond substituents is 1. The summed E-state index contributed by atoms with van der Waals surface area (Å²) >= 11 is 0. The third kappa shape index (κ3) is 4.11. The van der Waals surface area contributed by atoms with Crippen LogP contribution in [0.3, 0.4) is 0 Å². The lowest BCUT2D eigenvalue weighted by molar-refractivity contribution is 0.113. The zero-order chi connectivity index (χ0) is 29.3. The van der Waals surface area contributed by atoms with E-state index in [1.807, 2.05) is 67.3 Å². The Balaban J connectivity index is 1.37. The van der Waals surface area contributed by atoms with Crippen LogP contribution < -0.4 is 11.0 Å². The van der Waals surface area contributed by atoms with E-state index in [-0.39, 0.29) is 28.6 Å². The molecule has 0 spiro atoms. The zero-order valence-electron chi connectivity index (χ0n) is 24.6. The monoisotopic (exact) mass is 564 g/mol. The van der Waals surface area contributed by atoms with Crippen LogP contribution in [0.4, 0.5) is 0 Å². The number of benzene rings is 2. The molecule has 0 saturated carbocycles. The molecular formula is C34H36N4O4. The molecule has 8 nitrogen and oxygen atoms in total. The first-order valence-corrected chi connectivity index (χ1v) is 14.9. The third-order valence-corrected chi connectivity index (χ3v) is 9.21. The van der Waals surface area contributed by atoms with Crippen LogP contribution in [0, 0.1) is 5.92 Å². The molecule has 8 heteroatoms. The van der Waals surface area contributed by atoms with Crippen LogP contribution in [0.15, 0.2) is 62.5 Å². The van der Waals surface area contributed by atoms with Crippen molar-refractivity contribution in [1.29, 1.82) is 0 Å². The van der Waals surface area contributed by atoms with E-state index in [0.717, 1.165) is 41.8 Å². The standard InChI is InChI=1S/C34H36N4O4/c1-5-21-14-23-31(41)29(34-35-25-9-6-7-10-27(25)36(34)4)32(19(2)3)42-33(23)24(30(21)40)18-37-15-20-13-22(17-37)26-11-8-12-28(39)38(26)16-20/h6-12,14,19-20,22,40H,5,13,15-18H2,1-4H3/t20-,22+/m0/s1. The molecule has 3 aromatic heterocycles. The molecule has 7 rings (SSSR count). The van der Waals surface area contributed by atoms with Crippen LogP contribution in [-0.2, 0) is 26.6 Å². The van der Waals surface area contributed by atoms with Crippen molar-refractivity contribution < 1.29 is 9.52 Å². The molecule has 1 saturated heterocycles. The van der Waals surface area contributed by atoms with E-state index in [0.29, 0.717) is 59.1 Å². The van der Waals surface area contributed by atoms with E-state index in [1.165, 1.54) is 0 Å². The summed E-state index contributed by atoms with van der Waals surface area (Å²) in [6.07, 6.45) is 1.64. The van der Waals surface area contributed by atoms with Crippen molar-refractivity contribution in [2.45, 2.75) is 58.5 Å². The van der Waals surface area contributed by atoms with Gasteiger partial charge in [-0.1, -0.05) is 39.0 Å². The summed E-state index contributed by atoms with van der Waals surface area (Å²) in [6.45, 7) is 8.78. The van der Waals surface area contributed by atoms with E-state index in [1.54, 1.807) is 12.1 Å². The van der Waals surface area contributed by atoms with Gasteiger partial charge < -0.3 is 18.7 Å². The van der Waals surface area contributed by atoms with E-state index in [9.17, 15) is 14.7 Å². The summed E-state index contributed by atoms with van der Waals surface area (Å²) in [6, 6.07) is 15.2. The first kappa shape index (κ1) is 26.7. The molecule has 1 fully saturated rings. The Labute approximate surface area is 243 Å². The summed E-state index contributed by atoms with van der Waals surface area (Å²) in [5.74, 6) is 1.87. The van der Waals surface area contributed by atoms with Gasteiger partial charge in [0.25, 0.3) is 5.56 Å². The fourth-order valence-corrected chi connectivity index (χ4v) is 7.22. The average Bonchev–Trinajstić information content (AvgIpc) is 3.30. The first-order chi connectivity index (χ1) is 20.2. The van der Waals surface area contributed by atoms with Crippen molar-refractivity contribution in [3.63, 3.8) is 0 Å². The minimum atomic E-state index is -0.127. The number of pyridine rings is 1. The molecule has 42 heavy (non-hydrogen) atoms. The molecule has 0 amide bonds. The number of nitrogens with zero attached hydrogens (tertiary/aromatic N) is 4. The Morgan fingerprint density at radius 3 is 2.64 bits per heavy atom. The smallest absolute Gasteiger partial charge is 0.250 e. The lowest BCUT2D eigenvalue weighted by Gasteiger charge is -2.42. The maximum absolute atomic E-state index is 14.4. The molecule has 0 radical (unpaired) electrons. The average molecular weight is 565 g/mol. The summed E-state index contributed by atoms with van der Waals surface area (Å²) < 4.78 is 10.6. The summed E-state index contributed by atoms with van der Waals surface area (Å²) in [5.41, 5.74) is 5.11. The molecule has 1 N–H and O–H groups in total. The van der Waals surface area contributed by atoms with Gasteiger partial charge in [0.1, 0.15) is 28.5 Å². The highest BCUT2D eigenvalue weighted by atomic mass is 16.3. The first-order valence-electron chi connectivity index (χ1n) is 14.9. The van der Waals surface area contributed by atoms with Crippen LogP contribution in [-0.4, -0.2) is 37.2 Å². The van der Waals surface area contributed by atoms with Gasteiger partial charge in [-0.05, 0) is 48.6 Å². The molecule has 2 aromatic carbocycles. The van der Waals surface area contributed by atoms with E-state index in [2.05, 4.69) is 11.0 Å². The number of para-hydroxylation sites is 2. The number of piperidine rings is 1. The fraction of sp³-hybridized carbons (Fsp3) is 0.382. The topological polar surface area (TPSA) is 93.5 Å². The molecule has 2 aliphatic heterocycles. The van der Waals surface area contributed by atoms with Gasteiger partial charge in [0.05, 0.1) is 22.0 Å². The van der Waals surface area contributed by atoms with Crippen molar-refractivity contribution in [2.24, 2.45) is 13.0 Å². The predicted octanol–water partition coefficient (Wildman–Crippen LogP) is 5.52. The molecule has 0 unspecified atom stereocenters. The maximum atomic E-state index is 14.4. The number of aromatic nitrogens is 3. The molecule has 2 bridgehead atoms. The van der Waals surface area contributed by atoms with Crippen molar-refractivity contribution in [3.8, 4) is 17.1 Å². The molecule has 5 heterocycles. The predicted molar refractivity (Wildman–Crippen MR) is 164 cm³/mol. The fourth-order valence-electron chi connectivity index (χ4n) is 7.22. The summed E-state index contributed by atoms with van der Waals surface area (Å²) in [7, 11) is 1.93. The van der Waals surface area contributed by atoms with Crippen LogP contribution in [0.2, 0.25) is 0 Å². The van der Waals surface area contributed by atoms with Gasteiger partial charge in [-0.15, -0.1) is 0 Å². The van der Waals surface area contributed by atoms with Crippen molar-refractivity contribution >= 4 is 22.0 Å². The highest BCUT2D eigenvalue weighted by molar-refractivity contribution is 5.89. The third-order valence-electron chi connectivity index (χ3n) is 9.21. The van der Waals surface area contributed by atoms with Gasteiger partial charge in [0.15, 0.2) is 0 Å². The second kappa shape index (κ2) is 9.98. The SMILES string of the molecule is CCc1cc2c(=O)c(-c3nc4ccccc4n3C)c(C(C)C)oc2c(CN2C[C@@H]3C[C@H](C2)c2cccc(=O)n2C3)c1O. The van der Waals surface area contributed by atoms with Gasteiger partial charge >= 0.3 is 0 Å². The maximum Gasteiger partial charge on any atom is 0.250 e. The quantitative estimate of drug-likeness (QED) is 0.302. The molecular weight excluding hydrogens is 528 g/mol. The number of aromatic hydroxyl groups is 1. The highest BCUT2D eigenvalue weighted by Gasteiger charge is 2.35. The van der Waals surface area contributed by atoms with Crippen molar-refractivity contribution in [2.75, 3.05) is 13.1 Å². The van der Waals surface area contributed by atoms with Gasteiger partial charge in [-0.2, -0.15) is 0 Å². The van der Waals surface area contributed by atoms with Crippen LogP contribution in [0.1, 0.15) is 61.6 Å². The largest absolute Gasteiger partial charge is 0.507 e. The van der Waals surface area contributed by atoms with Crippen LogP contribution in [0.5, 0.6) is 5.75 Å². The lowest BCUT2D eigenvalue weighted by atomic mass is 9.83. The summed E-state index contributed by atoms with van der Waals surface area (Å²) in [5, 5.41) is 12.0. The Bertz CT molecular complexity index is 1980. The highest BCUT2D eigenvalue weighted by Crippen LogP contribution is 2.40. The van der Waals surface area contributed by atoms with E-state index in [4.69, 9.17) is 9.40 Å². The Morgan fingerprint density at radius 1 is 1.07 bits per heavy atom. The van der Waals surface area contributed by atoms with Gasteiger partial charge in [0, 0.05) is 56.8 Å². The van der Waals surface area contributed by atoms with Crippen LogP contribution in [0.25, 0.3) is 33.4 Å². The number of hydrogen-bond acceptors (Lipinski definition) is 6. The van der Waals surface area contributed by atoms with E-state index >= 15 is 0 Å². The number of hydrogen-bond donors (Lipinski definition) is 1. The zero-order valence-corrected chi connectivity index (χ0v) is 24.6. The van der Waals surface area contributed by atoms with Gasteiger partial charge in [-0.3, -0.25) is 14.5 Å². The minimum absolute atomic E-state index is 0.0642. The number of imidazole rings is 1. The molecule has 216 valence electrons. The number of likely N-dealkylation sites (tertiary alicyclic amines) is 1. The second-order valence-electron chi connectivity index (χ2n) is 12.3. The Morgan fingerprint density at radius 2 is 1.88 bits per heavy atom. The van der Waals surface area contributed by atoms with Crippen molar-refractivity contribution in [1.82, 2.24) is 19.0 Å². The number of phenols is 1. The van der Waals surface area contributed by atoms with Crippen LogP contribution >= 0.6 is 0 Å². The number of rotatable bonds is 5. The van der Waals surface area contributed by atoms with Gasteiger partial charge in [-0.25, -0.2) is 4.98 Å². The second-order valence-corrected chi connectivity index (χ2v) is 12.3. The number of fused-ring (bicyclic) bond motifs is 6. The molecule has 2 aliphatic rings. The summed E-state index contributed by atoms with van der Waals surface area (Å²) in [4.78, 5) is 34.1. The van der Waals surface area contributed by atoms with Crippen molar-refractivity contribution in [3.05, 3.63) is 91.7 Å². The Kier molecular flexibility index (Phi) is 6.35. The van der Waals surface area contributed by atoms with E-state index < -0.39 is 0 Å². The minimum Gasteiger partial charge on any atom is -0.507 e. The number of aryl methyl sites for hydroxylation is 2. The normalized spacial score (nSPS) is 18.7. The lowest BCUT2D eigenvalue weighted by Crippen LogP contribution is -2.46. The molecule has 2 atom stereocenters. The molecule has 0 aliphatic carbocycles. The molecule has 5 aromatic rings. The Hall–Kier alpha value is -4.17.